The van der Waals surface area contributed by atoms with Crippen LogP contribution in [-0.2, 0) is 34.6 Å². The molecule has 0 spiro atoms. The van der Waals surface area contributed by atoms with Crippen LogP contribution < -0.4 is 10.2 Å². The van der Waals surface area contributed by atoms with Crippen LogP contribution in [0.3, 0.4) is 0 Å². The second-order valence-electron chi connectivity index (χ2n) is 5.80. The zero-order valence-corrected chi connectivity index (χ0v) is 18.6. The zero-order chi connectivity index (χ0) is 18.8. The molecule has 0 N–H and O–H groups in total. The topological polar surface area (TPSA) is 46.1 Å². The van der Waals surface area contributed by atoms with Crippen molar-refractivity contribution in [3.8, 4) is 0 Å². The fraction of sp³-hybridized carbons (Fsp3) is 0.545. The molecule has 140 valence electrons. The Morgan fingerprint density at radius 1 is 0.720 bits per heavy atom. The van der Waals surface area contributed by atoms with Gasteiger partial charge in [-0.3, -0.25) is 0 Å². The first-order valence-corrected chi connectivity index (χ1v) is 8.91. The molecule has 3 heteroatoms. The molecule has 0 saturated heterocycles. The van der Waals surface area contributed by atoms with Crippen LogP contribution in [0.1, 0.15) is 61.8 Å². The first-order chi connectivity index (χ1) is 11.7. The number of hydrogen-bond acceptors (Lipinski definition) is 2. The van der Waals surface area contributed by atoms with Crippen LogP contribution in [0.4, 0.5) is 0 Å². The first-order valence-electron chi connectivity index (χ1n) is 8.91. The molecule has 0 aliphatic rings. The Labute approximate surface area is 170 Å². The summed E-state index contributed by atoms with van der Waals surface area (Å²) in [4.78, 5) is 0. The van der Waals surface area contributed by atoms with Crippen molar-refractivity contribution in [1.82, 2.24) is 0 Å². The second kappa shape index (κ2) is 21.4. The third kappa shape index (κ3) is 16.5. The van der Waals surface area contributed by atoms with Gasteiger partial charge in [-0.1, -0.05) is 66.2 Å². The van der Waals surface area contributed by atoms with E-state index in [1.807, 2.05) is 0 Å². The van der Waals surface area contributed by atoms with Crippen LogP contribution in [0.15, 0.2) is 36.4 Å². The molecule has 0 atom stereocenters. The Morgan fingerprint density at radius 3 is 1.24 bits per heavy atom. The van der Waals surface area contributed by atoms with E-state index in [9.17, 15) is 0 Å². The van der Waals surface area contributed by atoms with Gasteiger partial charge in [-0.05, 0) is 0 Å². The largest absolute Gasteiger partial charge is 4.00 e. The SMILES string of the molecule is CCCC[c-]1ccc(C)c1.CCCC[c-]1ccc(C)c1.C[O-].C[O-].[Ti+4]. The van der Waals surface area contributed by atoms with Gasteiger partial charge in [-0.25, -0.2) is 23.3 Å². The van der Waals surface area contributed by atoms with E-state index in [1.165, 1.54) is 60.8 Å². The monoisotopic (exact) mass is 380 g/mol. The van der Waals surface area contributed by atoms with Crippen LogP contribution in [0, 0.1) is 13.8 Å². The summed E-state index contributed by atoms with van der Waals surface area (Å²) in [6, 6.07) is 13.4. The van der Waals surface area contributed by atoms with Gasteiger partial charge in [0.1, 0.15) is 0 Å². The molecule has 0 fully saturated rings. The summed E-state index contributed by atoms with van der Waals surface area (Å²) in [5, 5.41) is 16.5. The maximum atomic E-state index is 8.25. The Bertz CT molecular complexity index is 428. The van der Waals surface area contributed by atoms with E-state index in [0.717, 1.165) is 14.2 Å². The standard InChI is InChI=1S/2C10H15.2CH3O.Ti/c2*1-3-4-5-10-7-6-9(2)8-10;2*1-2;/h2*6-8H,3-5H2,1-2H3;2*1H3;/q4*-1;+4. The summed E-state index contributed by atoms with van der Waals surface area (Å²) in [5.74, 6) is 0. The van der Waals surface area contributed by atoms with E-state index < -0.39 is 0 Å². The molecule has 2 nitrogen and oxygen atoms in total. The smallest absolute Gasteiger partial charge is 0.857 e. The van der Waals surface area contributed by atoms with Crippen LogP contribution >= 0.6 is 0 Å². The van der Waals surface area contributed by atoms with E-state index in [-0.39, 0.29) is 21.7 Å². The molecule has 2 rings (SSSR count). The molecule has 0 heterocycles. The first kappa shape index (κ1) is 29.1. The van der Waals surface area contributed by atoms with Crippen molar-refractivity contribution in [1.29, 1.82) is 0 Å². The van der Waals surface area contributed by atoms with Gasteiger partial charge in [0.2, 0.25) is 0 Å². The van der Waals surface area contributed by atoms with Gasteiger partial charge in [0.05, 0.1) is 0 Å². The van der Waals surface area contributed by atoms with Crippen molar-refractivity contribution in [3.05, 3.63) is 58.7 Å². The Kier molecular flexibility index (Phi) is 24.9. The number of aryl methyl sites for hydroxylation is 4. The van der Waals surface area contributed by atoms with Crippen LogP contribution in [0.2, 0.25) is 0 Å². The second-order valence-corrected chi connectivity index (χ2v) is 5.80. The van der Waals surface area contributed by atoms with Gasteiger partial charge in [-0.2, -0.15) is 49.6 Å². The molecule has 0 aliphatic carbocycles. The third-order valence-electron chi connectivity index (χ3n) is 3.58. The fourth-order valence-corrected chi connectivity index (χ4v) is 2.33. The van der Waals surface area contributed by atoms with E-state index >= 15 is 0 Å². The van der Waals surface area contributed by atoms with E-state index in [0.29, 0.717) is 0 Å². The minimum Gasteiger partial charge on any atom is -0.857 e. The van der Waals surface area contributed by atoms with Gasteiger partial charge in [0.15, 0.2) is 0 Å². The number of hydrogen-bond donors (Lipinski definition) is 0. The molecule has 0 unspecified atom stereocenters. The van der Waals surface area contributed by atoms with Gasteiger partial charge >= 0.3 is 21.7 Å². The zero-order valence-electron chi connectivity index (χ0n) is 17.0. The van der Waals surface area contributed by atoms with E-state index in [2.05, 4.69) is 64.1 Å². The maximum absolute atomic E-state index is 8.25. The van der Waals surface area contributed by atoms with E-state index in [4.69, 9.17) is 10.2 Å². The van der Waals surface area contributed by atoms with Gasteiger partial charge in [0, 0.05) is 0 Å². The fourth-order valence-electron chi connectivity index (χ4n) is 2.33. The number of rotatable bonds is 6. The third-order valence-corrected chi connectivity index (χ3v) is 3.58. The molecule has 0 bridgehead atoms. The van der Waals surface area contributed by atoms with Crippen molar-refractivity contribution >= 4 is 0 Å². The van der Waals surface area contributed by atoms with Crippen LogP contribution in [-0.4, -0.2) is 14.2 Å². The summed E-state index contributed by atoms with van der Waals surface area (Å²) < 4.78 is 0. The molecule has 0 radical (unpaired) electrons. The molecular formula is C22H36O2Ti. The van der Waals surface area contributed by atoms with Crippen molar-refractivity contribution in [2.45, 2.75) is 66.2 Å². The van der Waals surface area contributed by atoms with Crippen LogP contribution in [0.25, 0.3) is 0 Å². The van der Waals surface area contributed by atoms with Gasteiger partial charge in [0.25, 0.3) is 0 Å². The molecule has 0 saturated carbocycles. The normalized spacial score (nSPS) is 8.64. The molecule has 2 aromatic rings. The Morgan fingerprint density at radius 2 is 1.04 bits per heavy atom. The van der Waals surface area contributed by atoms with Crippen molar-refractivity contribution in [2.75, 3.05) is 14.2 Å². The Hall–Kier alpha value is -0.666. The number of unbranched alkanes of at least 4 members (excludes halogenated alkanes) is 2. The minimum atomic E-state index is 0. The average molecular weight is 380 g/mol. The molecule has 0 aliphatic heterocycles. The predicted octanol–water partition coefficient (Wildman–Crippen LogP) is 4.06. The van der Waals surface area contributed by atoms with Gasteiger partial charge in [-0.15, -0.1) is 0 Å². The maximum Gasteiger partial charge on any atom is 4.00 e. The minimum absolute atomic E-state index is 0. The summed E-state index contributed by atoms with van der Waals surface area (Å²) >= 11 is 0. The van der Waals surface area contributed by atoms with Crippen molar-refractivity contribution in [2.24, 2.45) is 0 Å². The van der Waals surface area contributed by atoms with E-state index in [1.54, 1.807) is 0 Å². The summed E-state index contributed by atoms with van der Waals surface area (Å²) in [6.07, 6.45) is 7.75. The van der Waals surface area contributed by atoms with Crippen molar-refractivity contribution < 1.29 is 31.9 Å². The van der Waals surface area contributed by atoms with Crippen LogP contribution in [0.5, 0.6) is 0 Å². The summed E-state index contributed by atoms with van der Waals surface area (Å²) in [7, 11) is 1.50. The van der Waals surface area contributed by atoms with Crippen molar-refractivity contribution in [3.63, 3.8) is 0 Å². The molecule has 0 amide bonds. The van der Waals surface area contributed by atoms with Gasteiger partial charge < -0.3 is 10.2 Å². The molecule has 2 aromatic carbocycles. The molecule has 0 aromatic heterocycles. The summed E-state index contributed by atoms with van der Waals surface area (Å²) in [6.45, 7) is 8.76. The quantitative estimate of drug-likeness (QED) is 0.560. The summed E-state index contributed by atoms with van der Waals surface area (Å²) in [5.41, 5.74) is 5.79. The average Bonchev–Trinajstić information content (AvgIpc) is 3.23. The Balaban J connectivity index is -0.000000312. The predicted molar refractivity (Wildman–Crippen MR) is 103 cm³/mol. The molecular weight excluding hydrogens is 344 g/mol. The molecule has 25 heavy (non-hydrogen) atoms.